The number of aliphatic carboxylic acids is 1. The van der Waals surface area contributed by atoms with Gasteiger partial charge in [0.2, 0.25) is 17.6 Å². The number of nitrogens with one attached hydrogen (secondary N) is 1. The third-order valence-corrected chi connectivity index (χ3v) is 4.61. The van der Waals surface area contributed by atoms with E-state index in [1.54, 1.807) is 38.1 Å². The number of carboxylic acid groups (broad SMARTS) is 1. The van der Waals surface area contributed by atoms with Crippen LogP contribution >= 0.6 is 11.6 Å². The molecule has 2 atom stereocenters. The number of halogens is 1. The van der Waals surface area contributed by atoms with Crippen LogP contribution in [-0.2, 0) is 16.1 Å². The topological polar surface area (TPSA) is 105 Å². The first-order valence-corrected chi connectivity index (χ1v) is 7.77. The minimum Gasteiger partial charge on any atom is -0.481 e. The molecule has 0 spiro atoms. The number of amides is 1. The summed E-state index contributed by atoms with van der Waals surface area (Å²) in [6.07, 6.45) is 0. The highest BCUT2D eigenvalue weighted by Gasteiger charge is 2.65. The van der Waals surface area contributed by atoms with Gasteiger partial charge in [0.05, 0.1) is 18.4 Å². The fourth-order valence-electron chi connectivity index (χ4n) is 2.90. The molecule has 1 aromatic carbocycles. The summed E-state index contributed by atoms with van der Waals surface area (Å²) in [4.78, 5) is 27.5. The van der Waals surface area contributed by atoms with Crippen LogP contribution in [0.4, 0.5) is 0 Å². The molecule has 0 saturated heterocycles. The van der Waals surface area contributed by atoms with Crippen molar-refractivity contribution in [2.75, 3.05) is 0 Å². The van der Waals surface area contributed by atoms with Crippen molar-refractivity contribution in [3.63, 3.8) is 0 Å². The standard InChI is InChI=1S/C16H16ClN3O4/c1-16(2)11(12(16)15(22)23)14(21)18-7-10-19-13(20-24-10)8-3-5-9(17)6-4-8/h3-6,11-12H,7H2,1-2H3,(H,18,21)(H,22,23)/t11-,12-/m1/s1. The van der Waals surface area contributed by atoms with Gasteiger partial charge >= 0.3 is 5.97 Å². The van der Waals surface area contributed by atoms with E-state index in [1.807, 2.05) is 0 Å². The van der Waals surface area contributed by atoms with E-state index >= 15 is 0 Å². The van der Waals surface area contributed by atoms with E-state index in [9.17, 15) is 9.59 Å². The zero-order valence-corrected chi connectivity index (χ0v) is 13.9. The van der Waals surface area contributed by atoms with Crippen LogP contribution in [0.5, 0.6) is 0 Å². The Labute approximate surface area is 143 Å². The first-order valence-electron chi connectivity index (χ1n) is 7.39. The first kappa shape index (κ1) is 16.4. The first-order chi connectivity index (χ1) is 11.3. The smallest absolute Gasteiger partial charge is 0.307 e. The van der Waals surface area contributed by atoms with E-state index in [0.717, 1.165) is 5.56 Å². The van der Waals surface area contributed by atoms with Crippen molar-refractivity contribution < 1.29 is 19.2 Å². The molecule has 0 radical (unpaired) electrons. The Morgan fingerprint density at radius 1 is 1.29 bits per heavy atom. The van der Waals surface area contributed by atoms with Crippen molar-refractivity contribution in [3.8, 4) is 11.4 Å². The predicted molar refractivity (Wildman–Crippen MR) is 85.0 cm³/mol. The van der Waals surface area contributed by atoms with E-state index in [-0.39, 0.29) is 18.3 Å². The number of nitrogens with zero attached hydrogens (tertiary/aromatic N) is 2. The van der Waals surface area contributed by atoms with Gasteiger partial charge in [-0.05, 0) is 29.7 Å². The van der Waals surface area contributed by atoms with Crippen LogP contribution in [0.3, 0.4) is 0 Å². The van der Waals surface area contributed by atoms with Crippen LogP contribution in [-0.4, -0.2) is 27.1 Å². The van der Waals surface area contributed by atoms with Crippen molar-refractivity contribution in [2.45, 2.75) is 20.4 Å². The minimum atomic E-state index is -0.956. The molecule has 1 aliphatic rings. The lowest BCUT2D eigenvalue weighted by Gasteiger charge is -2.02. The number of carbonyl (C=O) groups is 2. The highest BCUT2D eigenvalue weighted by atomic mass is 35.5. The van der Waals surface area contributed by atoms with Gasteiger partial charge in [0, 0.05) is 10.6 Å². The number of carbonyl (C=O) groups excluding carboxylic acids is 1. The molecule has 2 N–H and O–H groups in total. The van der Waals surface area contributed by atoms with Gasteiger partial charge in [0.15, 0.2) is 0 Å². The van der Waals surface area contributed by atoms with Gasteiger partial charge in [-0.3, -0.25) is 9.59 Å². The minimum absolute atomic E-state index is 0.0539. The normalized spacial score (nSPS) is 21.3. The summed E-state index contributed by atoms with van der Waals surface area (Å²) >= 11 is 5.83. The van der Waals surface area contributed by atoms with Gasteiger partial charge in [-0.1, -0.05) is 30.6 Å². The molecule has 7 nitrogen and oxygen atoms in total. The van der Waals surface area contributed by atoms with Crippen LogP contribution in [0, 0.1) is 17.3 Å². The lowest BCUT2D eigenvalue weighted by molar-refractivity contribution is -0.140. The van der Waals surface area contributed by atoms with E-state index in [4.69, 9.17) is 21.2 Å². The maximum atomic E-state index is 12.1. The van der Waals surface area contributed by atoms with Gasteiger partial charge in [0.25, 0.3) is 0 Å². The van der Waals surface area contributed by atoms with E-state index < -0.39 is 23.2 Å². The number of rotatable bonds is 5. The van der Waals surface area contributed by atoms with Crippen LogP contribution in [0.15, 0.2) is 28.8 Å². The molecule has 8 heteroatoms. The van der Waals surface area contributed by atoms with Crippen LogP contribution in [0.2, 0.25) is 5.02 Å². The summed E-state index contributed by atoms with van der Waals surface area (Å²) in [5.74, 6) is -1.84. The van der Waals surface area contributed by atoms with Gasteiger partial charge < -0.3 is 14.9 Å². The number of benzene rings is 1. The molecule has 1 heterocycles. The van der Waals surface area contributed by atoms with Crippen LogP contribution < -0.4 is 5.32 Å². The second-order valence-electron chi connectivity index (χ2n) is 6.35. The van der Waals surface area contributed by atoms with E-state index in [0.29, 0.717) is 10.8 Å². The average Bonchev–Trinajstić information content (AvgIpc) is 2.89. The molecule has 1 aliphatic carbocycles. The zero-order chi connectivity index (χ0) is 17.5. The Balaban J connectivity index is 1.61. The van der Waals surface area contributed by atoms with Crippen molar-refractivity contribution in [1.29, 1.82) is 0 Å². The van der Waals surface area contributed by atoms with Crippen molar-refractivity contribution in [2.24, 2.45) is 17.3 Å². The third-order valence-electron chi connectivity index (χ3n) is 4.36. The Hall–Kier alpha value is -2.41. The maximum Gasteiger partial charge on any atom is 0.307 e. The fourth-order valence-corrected chi connectivity index (χ4v) is 3.03. The van der Waals surface area contributed by atoms with Gasteiger partial charge in [-0.25, -0.2) is 0 Å². The lowest BCUT2D eigenvalue weighted by atomic mass is 10.1. The van der Waals surface area contributed by atoms with Crippen LogP contribution in [0.1, 0.15) is 19.7 Å². The molecule has 126 valence electrons. The number of carboxylic acids is 1. The monoisotopic (exact) mass is 349 g/mol. The quantitative estimate of drug-likeness (QED) is 0.858. The molecule has 1 saturated carbocycles. The molecule has 0 bridgehead atoms. The summed E-state index contributed by atoms with van der Waals surface area (Å²) in [6.45, 7) is 3.58. The lowest BCUT2D eigenvalue weighted by Crippen LogP contribution is -2.27. The predicted octanol–water partition coefficient (Wildman–Crippen LogP) is 2.36. The van der Waals surface area contributed by atoms with Crippen molar-refractivity contribution in [3.05, 3.63) is 35.2 Å². The molecule has 2 aromatic rings. The zero-order valence-electron chi connectivity index (χ0n) is 13.1. The highest BCUT2D eigenvalue weighted by Crippen LogP contribution is 2.58. The number of hydrogen-bond donors (Lipinski definition) is 2. The maximum absolute atomic E-state index is 12.1. The molecular weight excluding hydrogens is 334 g/mol. The largest absolute Gasteiger partial charge is 0.481 e. The van der Waals surface area contributed by atoms with Gasteiger partial charge in [-0.2, -0.15) is 4.98 Å². The number of hydrogen-bond acceptors (Lipinski definition) is 5. The molecule has 0 unspecified atom stereocenters. The van der Waals surface area contributed by atoms with Gasteiger partial charge in [-0.15, -0.1) is 0 Å². The van der Waals surface area contributed by atoms with E-state index in [2.05, 4.69) is 15.5 Å². The SMILES string of the molecule is CC1(C)[C@@H](C(=O)O)[C@@H]1C(=O)NCc1nc(-c2ccc(Cl)cc2)no1. The highest BCUT2D eigenvalue weighted by molar-refractivity contribution is 6.30. The molecule has 1 fully saturated rings. The second kappa shape index (κ2) is 5.90. The third kappa shape index (κ3) is 2.99. The summed E-state index contributed by atoms with van der Waals surface area (Å²) in [6, 6.07) is 6.96. The molecule has 1 aromatic heterocycles. The number of aromatic nitrogens is 2. The summed E-state index contributed by atoms with van der Waals surface area (Å²) < 4.78 is 5.10. The molecule has 3 rings (SSSR count). The summed E-state index contributed by atoms with van der Waals surface area (Å²) in [7, 11) is 0. The van der Waals surface area contributed by atoms with Crippen LogP contribution in [0.25, 0.3) is 11.4 Å². The Kier molecular flexibility index (Phi) is 4.04. The fraction of sp³-hybridized carbons (Fsp3) is 0.375. The average molecular weight is 350 g/mol. The van der Waals surface area contributed by atoms with Crippen molar-refractivity contribution >= 4 is 23.5 Å². The Morgan fingerprint density at radius 3 is 2.54 bits per heavy atom. The molecule has 1 amide bonds. The van der Waals surface area contributed by atoms with Gasteiger partial charge in [0.1, 0.15) is 0 Å². The Bertz CT molecular complexity index is 785. The second-order valence-corrected chi connectivity index (χ2v) is 6.79. The van der Waals surface area contributed by atoms with E-state index in [1.165, 1.54) is 0 Å². The van der Waals surface area contributed by atoms with Crippen molar-refractivity contribution in [1.82, 2.24) is 15.5 Å². The Morgan fingerprint density at radius 2 is 1.96 bits per heavy atom. The molecule has 24 heavy (non-hydrogen) atoms. The molecule has 0 aliphatic heterocycles. The summed E-state index contributed by atoms with van der Waals surface area (Å²) in [5.41, 5.74) is 0.203. The molecular formula is C16H16ClN3O4. The summed E-state index contributed by atoms with van der Waals surface area (Å²) in [5, 5.41) is 16.2.